The van der Waals surface area contributed by atoms with Crippen LogP contribution >= 0.6 is 7.60 Å². The average Bonchev–Trinajstić information content (AvgIpc) is 2.75. The molecule has 4 aliphatic rings. The van der Waals surface area contributed by atoms with E-state index in [0.717, 1.165) is 48.3 Å². The first-order chi connectivity index (χ1) is 16.5. The van der Waals surface area contributed by atoms with Gasteiger partial charge in [0.25, 0.3) is 0 Å². The van der Waals surface area contributed by atoms with E-state index in [1.165, 1.54) is 19.3 Å². The first-order valence-electron chi connectivity index (χ1n) is 13.3. The lowest BCUT2D eigenvalue weighted by Crippen LogP contribution is -2.61. The molecule has 35 heavy (non-hydrogen) atoms. The first kappa shape index (κ1) is 26.5. The molecule has 0 aromatic heterocycles. The molecule has 4 saturated carbocycles. The average molecular weight is 506 g/mol. The predicted octanol–water partition coefficient (Wildman–Crippen LogP) is 6.50. The van der Waals surface area contributed by atoms with Crippen molar-refractivity contribution < 1.29 is 18.4 Å². The topological polar surface area (TPSA) is 88.7 Å². The molecule has 0 spiro atoms. The number of urea groups is 1. The monoisotopic (exact) mass is 505 g/mol. The second-order valence-corrected chi connectivity index (χ2v) is 14.1. The van der Waals surface area contributed by atoms with Crippen molar-refractivity contribution in [2.24, 2.45) is 23.2 Å². The van der Waals surface area contributed by atoms with E-state index in [-0.39, 0.29) is 17.0 Å². The highest BCUT2D eigenvalue weighted by Crippen LogP contribution is 2.58. The molecule has 4 bridgehead atoms. The molecule has 5 rings (SSSR count). The van der Waals surface area contributed by atoms with Gasteiger partial charge in [0.2, 0.25) is 0 Å². The summed E-state index contributed by atoms with van der Waals surface area (Å²) in [7, 11) is -3.36. The molecule has 1 unspecified atom stereocenters. The molecular weight excluding hydrogens is 461 g/mol. The summed E-state index contributed by atoms with van der Waals surface area (Å²) in [6, 6.07) is 7.82. The molecule has 4 fully saturated rings. The van der Waals surface area contributed by atoms with Crippen LogP contribution in [0.15, 0.2) is 24.3 Å². The van der Waals surface area contributed by atoms with Crippen molar-refractivity contribution in [3.05, 3.63) is 29.8 Å². The zero-order valence-electron chi connectivity index (χ0n) is 22.1. The number of hydrogen-bond donors (Lipinski definition) is 3. The summed E-state index contributed by atoms with van der Waals surface area (Å²) < 4.78 is 24.8. The fourth-order valence-electron chi connectivity index (χ4n) is 6.92. The largest absolute Gasteiger partial charge is 0.371 e. The maximum Gasteiger partial charge on any atom is 0.353 e. The van der Waals surface area contributed by atoms with Crippen LogP contribution in [-0.2, 0) is 20.2 Å². The van der Waals surface area contributed by atoms with Crippen LogP contribution in [0.2, 0.25) is 0 Å². The summed E-state index contributed by atoms with van der Waals surface area (Å²) >= 11 is 0. The number of carbonyl (C=O) groups excluding carboxylic acids is 1. The van der Waals surface area contributed by atoms with Crippen molar-refractivity contribution in [1.82, 2.24) is 10.6 Å². The molecule has 7 nitrogen and oxygen atoms in total. The number of carbonyl (C=O) groups is 1. The summed E-state index contributed by atoms with van der Waals surface area (Å²) in [5.74, 6) is 1.92. The van der Waals surface area contributed by atoms with Gasteiger partial charge in [0.05, 0.1) is 13.2 Å². The van der Waals surface area contributed by atoms with Crippen molar-refractivity contribution >= 4 is 19.3 Å². The lowest BCUT2D eigenvalue weighted by molar-refractivity contribution is -0.0135. The van der Waals surface area contributed by atoms with E-state index in [1.54, 1.807) is 0 Å². The van der Waals surface area contributed by atoms with Crippen LogP contribution in [0.5, 0.6) is 0 Å². The third-order valence-electron chi connectivity index (χ3n) is 7.88. The lowest BCUT2D eigenvalue weighted by atomic mass is 9.53. The molecule has 0 aliphatic heterocycles. The summed E-state index contributed by atoms with van der Waals surface area (Å²) in [4.78, 5) is 12.8. The van der Waals surface area contributed by atoms with Crippen LogP contribution in [0.25, 0.3) is 0 Å². The van der Waals surface area contributed by atoms with Gasteiger partial charge in [-0.15, -0.1) is 0 Å². The van der Waals surface area contributed by atoms with Gasteiger partial charge in [-0.1, -0.05) is 32.9 Å². The number of rotatable bonds is 10. The summed E-state index contributed by atoms with van der Waals surface area (Å²) in [6.45, 7) is 10.8. The number of amides is 2. The standard InChI is InChI=1S/C27H44N3O4P/c1-6-33-35(32,34-7-2)24(26(3,4)5)29-23-10-8-19(9-11-23)18-28-25(31)30-27-15-20-12-21(16-27)14-22(13-20)17-27/h8-11,20-22,24,29H,6-7,12-18H2,1-5H3,(H2,28,30,31). The van der Waals surface area contributed by atoms with Crippen molar-refractivity contribution in [2.75, 3.05) is 18.5 Å². The minimum absolute atomic E-state index is 0.0175. The minimum Gasteiger partial charge on any atom is -0.371 e. The Morgan fingerprint density at radius 1 is 1.00 bits per heavy atom. The van der Waals surface area contributed by atoms with Gasteiger partial charge in [0, 0.05) is 17.8 Å². The molecule has 8 heteroatoms. The number of anilines is 1. The molecule has 2 amide bonds. The molecule has 3 N–H and O–H groups in total. The molecule has 4 aliphatic carbocycles. The normalized spacial score (nSPS) is 28.5. The molecule has 196 valence electrons. The number of hydrogen-bond acceptors (Lipinski definition) is 5. The Kier molecular flexibility index (Phi) is 7.90. The lowest BCUT2D eigenvalue weighted by Gasteiger charge is -2.56. The van der Waals surface area contributed by atoms with Gasteiger partial charge < -0.3 is 25.0 Å². The minimum atomic E-state index is -3.36. The van der Waals surface area contributed by atoms with E-state index in [9.17, 15) is 9.36 Å². The Morgan fingerprint density at radius 3 is 1.97 bits per heavy atom. The quantitative estimate of drug-likeness (QED) is 0.316. The Hall–Kier alpha value is -1.56. The van der Waals surface area contributed by atoms with Gasteiger partial charge in [-0.2, -0.15) is 0 Å². The van der Waals surface area contributed by atoms with Crippen molar-refractivity contribution in [2.45, 2.75) is 91.0 Å². The van der Waals surface area contributed by atoms with Crippen LogP contribution in [-0.4, -0.2) is 30.6 Å². The molecule has 1 aromatic rings. The third kappa shape index (κ3) is 6.23. The van der Waals surface area contributed by atoms with E-state index in [4.69, 9.17) is 9.05 Å². The van der Waals surface area contributed by atoms with Crippen molar-refractivity contribution in [3.63, 3.8) is 0 Å². The van der Waals surface area contributed by atoms with Gasteiger partial charge in [0.1, 0.15) is 5.78 Å². The van der Waals surface area contributed by atoms with E-state index >= 15 is 0 Å². The smallest absolute Gasteiger partial charge is 0.353 e. The molecule has 1 aromatic carbocycles. The first-order valence-corrected chi connectivity index (χ1v) is 15.0. The van der Waals surface area contributed by atoms with Crippen molar-refractivity contribution in [3.8, 4) is 0 Å². The third-order valence-corrected chi connectivity index (χ3v) is 10.7. The zero-order chi connectivity index (χ0) is 25.3. The summed E-state index contributed by atoms with van der Waals surface area (Å²) in [5.41, 5.74) is 1.52. The Morgan fingerprint density at radius 2 is 1.51 bits per heavy atom. The van der Waals surface area contributed by atoms with E-state index < -0.39 is 13.4 Å². The Labute approximate surface area is 211 Å². The molecule has 0 saturated heterocycles. The highest BCUT2D eigenvalue weighted by molar-refractivity contribution is 7.54. The summed E-state index contributed by atoms with van der Waals surface area (Å²) in [5, 5.41) is 9.82. The Balaban J connectivity index is 1.33. The maximum atomic E-state index is 13.5. The maximum absolute atomic E-state index is 13.5. The van der Waals surface area contributed by atoms with Crippen molar-refractivity contribution in [1.29, 1.82) is 0 Å². The number of nitrogens with one attached hydrogen (secondary N) is 3. The van der Waals surface area contributed by atoms with E-state index in [2.05, 4.69) is 16.0 Å². The Bertz CT molecular complexity index is 882. The highest BCUT2D eigenvalue weighted by atomic mass is 31.2. The second kappa shape index (κ2) is 10.4. The molecule has 1 atom stereocenters. The zero-order valence-corrected chi connectivity index (χ0v) is 23.0. The molecular formula is C27H44N3O4P. The van der Waals surface area contributed by atoms with Gasteiger partial charge in [-0.3, -0.25) is 4.57 Å². The van der Waals surface area contributed by atoms with Crippen LogP contribution in [0.3, 0.4) is 0 Å². The van der Waals surface area contributed by atoms with Gasteiger partial charge in [-0.05, 0) is 93.2 Å². The SMILES string of the molecule is CCOP(=O)(OCC)C(Nc1ccc(CNC(=O)NC23CC4CC(CC(C4)C2)C3)cc1)C(C)(C)C. The van der Waals surface area contributed by atoms with Gasteiger partial charge in [0.15, 0.2) is 0 Å². The fourth-order valence-corrected chi connectivity index (χ4v) is 9.27. The van der Waals surface area contributed by atoms with Crippen LogP contribution in [0, 0.1) is 23.2 Å². The van der Waals surface area contributed by atoms with Crippen LogP contribution in [0.4, 0.5) is 10.5 Å². The van der Waals surface area contributed by atoms with E-state index in [0.29, 0.717) is 19.8 Å². The van der Waals surface area contributed by atoms with Gasteiger partial charge in [-0.25, -0.2) is 4.79 Å². The highest BCUT2D eigenvalue weighted by Gasteiger charge is 2.51. The molecule has 0 radical (unpaired) electrons. The molecule has 0 heterocycles. The fraction of sp³-hybridized carbons (Fsp3) is 0.741. The predicted molar refractivity (Wildman–Crippen MR) is 140 cm³/mol. The van der Waals surface area contributed by atoms with Gasteiger partial charge >= 0.3 is 13.6 Å². The van der Waals surface area contributed by atoms with Crippen LogP contribution < -0.4 is 16.0 Å². The second-order valence-electron chi connectivity index (χ2n) is 12.0. The summed E-state index contributed by atoms with van der Waals surface area (Å²) in [6.07, 6.45) is 7.54. The van der Waals surface area contributed by atoms with Crippen LogP contribution in [0.1, 0.15) is 78.7 Å². The van der Waals surface area contributed by atoms with E-state index in [1.807, 2.05) is 58.9 Å². The number of benzene rings is 1.